The van der Waals surface area contributed by atoms with E-state index in [9.17, 15) is 18.4 Å². The summed E-state index contributed by atoms with van der Waals surface area (Å²) in [5.41, 5.74) is 5.47. The van der Waals surface area contributed by atoms with Gasteiger partial charge in [-0.1, -0.05) is 32.1 Å². The number of hydrogen-bond donors (Lipinski definition) is 3. The molecule has 164 valence electrons. The highest BCUT2D eigenvalue weighted by Gasteiger charge is 2.51. The number of rotatable bonds is 5. The number of nitrogens with zero attached hydrogens (tertiary/aromatic N) is 2. The minimum Gasteiger partial charge on any atom is -0.422 e. The Morgan fingerprint density at radius 2 is 2.06 bits per heavy atom. The van der Waals surface area contributed by atoms with E-state index in [4.69, 9.17) is 15.6 Å². The van der Waals surface area contributed by atoms with Gasteiger partial charge in [-0.3, -0.25) is 0 Å². The molecule has 1 atom stereocenters. The SMILES string of the molecule is Cc1n[nH]c2c1C(c1cc(/C=C/CCO)cc(C(F)(F)F)c1)(C(C)C)C(C#N)=C(N)O2. The normalized spacial score (nSPS) is 18.9. The summed E-state index contributed by atoms with van der Waals surface area (Å²) in [5.74, 6) is -0.336. The lowest BCUT2D eigenvalue weighted by atomic mass is 9.61. The number of halogens is 3. The van der Waals surface area contributed by atoms with Crippen LogP contribution >= 0.6 is 0 Å². The number of nitriles is 1. The second-order valence-corrected chi connectivity index (χ2v) is 7.69. The smallest absolute Gasteiger partial charge is 0.416 e. The van der Waals surface area contributed by atoms with E-state index in [0.717, 1.165) is 12.1 Å². The standard InChI is InChI=1S/C22H23F3N4O2/c1-12(2)21(17(11-26)19(27)31-20-18(21)13(3)28-29-20)15-8-14(6-4-5-7-30)9-16(10-15)22(23,24)25/h4,6,8-10,12,30H,5,7,27H2,1-3H3,(H,28,29)/b6-4+. The first-order chi connectivity index (χ1) is 14.6. The Bertz CT molecular complexity index is 1090. The van der Waals surface area contributed by atoms with E-state index >= 15 is 0 Å². The highest BCUT2D eigenvalue weighted by atomic mass is 19.4. The van der Waals surface area contributed by atoms with Gasteiger partial charge in [0.1, 0.15) is 11.6 Å². The Balaban J connectivity index is 2.42. The summed E-state index contributed by atoms with van der Waals surface area (Å²) >= 11 is 0. The number of hydrogen-bond acceptors (Lipinski definition) is 5. The average Bonchev–Trinajstić information content (AvgIpc) is 3.06. The van der Waals surface area contributed by atoms with E-state index < -0.39 is 17.2 Å². The molecule has 6 nitrogen and oxygen atoms in total. The molecular weight excluding hydrogens is 409 g/mol. The lowest BCUT2D eigenvalue weighted by molar-refractivity contribution is -0.137. The summed E-state index contributed by atoms with van der Waals surface area (Å²) in [4.78, 5) is 0. The predicted molar refractivity (Wildman–Crippen MR) is 109 cm³/mol. The zero-order valence-corrected chi connectivity index (χ0v) is 17.3. The minimum atomic E-state index is -4.60. The number of benzene rings is 1. The quantitative estimate of drug-likeness (QED) is 0.658. The van der Waals surface area contributed by atoms with Gasteiger partial charge in [-0.2, -0.15) is 23.5 Å². The Hall–Kier alpha value is -3.25. The lowest BCUT2D eigenvalue weighted by Gasteiger charge is -2.41. The fourth-order valence-corrected chi connectivity index (χ4v) is 4.21. The van der Waals surface area contributed by atoms with Crippen molar-refractivity contribution in [3.8, 4) is 11.9 Å². The molecule has 1 aromatic carbocycles. The van der Waals surface area contributed by atoms with E-state index in [0.29, 0.717) is 23.2 Å². The topological polar surface area (TPSA) is 108 Å². The van der Waals surface area contributed by atoms with E-state index in [2.05, 4.69) is 16.3 Å². The van der Waals surface area contributed by atoms with Gasteiger partial charge in [-0.05, 0) is 42.5 Å². The van der Waals surface area contributed by atoms with Crippen LogP contribution in [-0.4, -0.2) is 21.9 Å². The summed E-state index contributed by atoms with van der Waals surface area (Å²) in [6, 6.07) is 5.76. The second-order valence-electron chi connectivity index (χ2n) is 7.69. The van der Waals surface area contributed by atoms with Crippen LogP contribution in [0.2, 0.25) is 0 Å². The summed E-state index contributed by atoms with van der Waals surface area (Å²) in [7, 11) is 0. The van der Waals surface area contributed by atoms with Crippen LogP contribution in [-0.2, 0) is 11.6 Å². The van der Waals surface area contributed by atoms with Gasteiger partial charge in [0.05, 0.1) is 22.2 Å². The van der Waals surface area contributed by atoms with Gasteiger partial charge in [0.25, 0.3) is 0 Å². The molecule has 0 bridgehead atoms. The first kappa shape index (κ1) is 22.4. The maximum Gasteiger partial charge on any atom is 0.416 e. The Kier molecular flexibility index (Phi) is 5.87. The van der Waals surface area contributed by atoms with Crippen LogP contribution in [0.4, 0.5) is 13.2 Å². The van der Waals surface area contributed by atoms with Crippen LogP contribution in [0.25, 0.3) is 6.08 Å². The molecule has 0 spiro atoms. The second kappa shape index (κ2) is 8.12. The molecule has 31 heavy (non-hydrogen) atoms. The molecule has 0 amide bonds. The van der Waals surface area contributed by atoms with Crippen molar-refractivity contribution in [2.24, 2.45) is 11.7 Å². The van der Waals surface area contributed by atoms with Crippen LogP contribution in [0.15, 0.2) is 35.7 Å². The number of nitrogens with two attached hydrogens (primary N) is 1. The Morgan fingerprint density at radius 1 is 1.35 bits per heavy atom. The number of fused-ring (bicyclic) bond motifs is 1. The molecule has 0 fully saturated rings. The molecule has 9 heteroatoms. The van der Waals surface area contributed by atoms with E-state index in [1.165, 1.54) is 6.08 Å². The maximum absolute atomic E-state index is 13.8. The molecule has 3 rings (SSSR count). The monoisotopic (exact) mass is 432 g/mol. The van der Waals surface area contributed by atoms with Gasteiger partial charge >= 0.3 is 6.18 Å². The molecule has 0 saturated carbocycles. The average molecular weight is 432 g/mol. The number of allylic oxidation sites excluding steroid dienone is 1. The van der Waals surface area contributed by atoms with Gasteiger partial charge in [-0.15, -0.1) is 0 Å². The van der Waals surface area contributed by atoms with Crippen molar-refractivity contribution in [3.05, 3.63) is 63.7 Å². The van der Waals surface area contributed by atoms with Crippen molar-refractivity contribution in [1.82, 2.24) is 10.2 Å². The fourth-order valence-electron chi connectivity index (χ4n) is 4.21. The number of nitrogens with one attached hydrogen (secondary N) is 1. The summed E-state index contributed by atoms with van der Waals surface area (Å²) < 4.78 is 46.9. The molecule has 0 saturated heterocycles. The number of H-pyrrole nitrogens is 1. The lowest BCUT2D eigenvalue weighted by Crippen LogP contribution is -2.41. The molecule has 1 aromatic heterocycles. The molecule has 2 aromatic rings. The number of aryl methyl sites for hydroxylation is 1. The van der Waals surface area contributed by atoms with Crippen molar-refractivity contribution in [3.63, 3.8) is 0 Å². The Labute approximate surface area is 177 Å². The van der Waals surface area contributed by atoms with Crippen molar-refractivity contribution in [2.45, 2.75) is 38.8 Å². The predicted octanol–water partition coefficient (Wildman–Crippen LogP) is 4.16. The minimum absolute atomic E-state index is 0.0316. The first-order valence-electron chi connectivity index (χ1n) is 9.71. The zero-order valence-electron chi connectivity index (χ0n) is 17.3. The van der Waals surface area contributed by atoms with Gasteiger partial charge in [0.15, 0.2) is 0 Å². The molecular formula is C22H23F3N4O2. The van der Waals surface area contributed by atoms with E-state index in [1.54, 1.807) is 19.1 Å². The van der Waals surface area contributed by atoms with Crippen LogP contribution in [0.1, 0.15) is 48.2 Å². The summed E-state index contributed by atoms with van der Waals surface area (Å²) in [6.45, 7) is 5.20. The van der Waals surface area contributed by atoms with Crippen LogP contribution < -0.4 is 10.5 Å². The molecule has 2 heterocycles. The van der Waals surface area contributed by atoms with Crippen molar-refractivity contribution < 1.29 is 23.0 Å². The van der Waals surface area contributed by atoms with Gasteiger partial charge < -0.3 is 15.6 Å². The summed E-state index contributed by atoms with van der Waals surface area (Å²) in [5, 5.41) is 25.8. The van der Waals surface area contributed by atoms with Crippen LogP contribution in [0, 0.1) is 24.2 Å². The number of alkyl halides is 3. The van der Waals surface area contributed by atoms with Gasteiger partial charge in [0.2, 0.25) is 11.8 Å². The molecule has 0 radical (unpaired) electrons. The number of aliphatic hydroxyl groups is 1. The highest BCUT2D eigenvalue weighted by molar-refractivity contribution is 5.64. The van der Waals surface area contributed by atoms with Crippen molar-refractivity contribution in [1.29, 1.82) is 5.26 Å². The third-order valence-corrected chi connectivity index (χ3v) is 5.48. The molecule has 0 aliphatic carbocycles. The molecule has 1 aliphatic heterocycles. The number of aliphatic hydroxyl groups excluding tert-OH is 1. The zero-order chi connectivity index (χ0) is 23.0. The first-order valence-corrected chi connectivity index (χ1v) is 9.71. The Morgan fingerprint density at radius 3 is 2.65 bits per heavy atom. The fraction of sp³-hybridized carbons (Fsp3) is 0.364. The largest absolute Gasteiger partial charge is 0.422 e. The van der Waals surface area contributed by atoms with E-state index in [-0.39, 0.29) is 35.4 Å². The van der Waals surface area contributed by atoms with Gasteiger partial charge in [0, 0.05) is 6.61 Å². The van der Waals surface area contributed by atoms with Crippen molar-refractivity contribution >= 4 is 6.08 Å². The molecule has 1 aliphatic rings. The third-order valence-electron chi connectivity index (χ3n) is 5.48. The van der Waals surface area contributed by atoms with E-state index in [1.807, 2.05) is 13.8 Å². The van der Waals surface area contributed by atoms with Crippen molar-refractivity contribution in [2.75, 3.05) is 6.61 Å². The number of aromatic amines is 1. The maximum atomic E-state index is 13.8. The molecule has 1 unspecified atom stereocenters. The summed E-state index contributed by atoms with van der Waals surface area (Å²) in [6.07, 6.45) is -1.19. The number of ether oxygens (including phenoxy) is 1. The van der Waals surface area contributed by atoms with Crippen LogP contribution in [0.3, 0.4) is 0 Å². The van der Waals surface area contributed by atoms with Crippen LogP contribution in [0.5, 0.6) is 5.88 Å². The third kappa shape index (κ3) is 3.68. The highest BCUT2D eigenvalue weighted by Crippen LogP contribution is 2.53. The number of aromatic nitrogens is 2. The molecule has 4 N–H and O–H groups in total. The van der Waals surface area contributed by atoms with Gasteiger partial charge in [-0.25, -0.2) is 5.10 Å².